The maximum Gasteiger partial charge on any atom is 0.277 e. The number of carbonyl (C=O) groups excluding carboxylic acids is 1. The lowest BCUT2D eigenvalue weighted by Gasteiger charge is -2.20. The first-order chi connectivity index (χ1) is 10.2. The minimum Gasteiger partial charge on any atom is -0.416 e. The molecule has 7 heteroatoms. The summed E-state index contributed by atoms with van der Waals surface area (Å²) < 4.78 is 5.24. The van der Waals surface area contributed by atoms with Gasteiger partial charge in [0, 0.05) is 32.4 Å². The first-order valence-corrected chi connectivity index (χ1v) is 7.77. The Morgan fingerprint density at radius 2 is 2.10 bits per heavy atom. The molecule has 2 heterocycles. The van der Waals surface area contributed by atoms with E-state index in [0.717, 1.165) is 6.42 Å². The normalized spacial score (nSPS) is 10.6. The number of pyridine rings is 1. The van der Waals surface area contributed by atoms with Crippen molar-refractivity contribution < 1.29 is 9.21 Å². The van der Waals surface area contributed by atoms with Crippen molar-refractivity contribution in [3.63, 3.8) is 0 Å². The van der Waals surface area contributed by atoms with Crippen LogP contribution in [-0.4, -0.2) is 44.8 Å². The summed E-state index contributed by atoms with van der Waals surface area (Å²) in [6, 6.07) is 3.93. The van der Waals surface area contributed by atoms with Gasteiger partial charge in [0.15, 0.2) is 0 Å². The van der Waals surface area contributed by atoms with Crippen molar-refractivity contribution >= 4 is 17.7 Å². The molecule has 0 spiro atoms. The van der Waals surface area contributed by atoms with E-state index in [1.165, 1.54) is 17.3 Å². The van der Waals surface area contributed by atoms with Gasteiger partial charge < -0.3 is 9.32 Å². The number of carbonyl (C=O) groups is 1. The van der Waals surface area contributed by atoms with Crippen LogP contribution in [0.2, 0.25) is 0 Å². The van der Waals surface area contributed by atoms with E-state index in [1.54, 1.807) is 19.3 Å². The van der Waals surface area contributed by atoms with Gasteiger partial charge in [-0.1, -0.05) is 11.8 Å². The third-order valence-corrected chi connectivity index (χ3v) is 3.78. The van der Waals surface area contributed by atoms with Crippen LogP contribution in [0.1, 0.15) is 18.4 Å². The van der Waals surface area contributed by atoms with Crippen LogP contribution in [0.3, 0.4) is 0 Å². The highest BCUT2D eigenvalue weighted by atomic mass is 32.2. The number of hydrogen-bond acceptors (Lipinski definition) is 6. The van der Waals surface area contributed by atoms with Crippen molar-refractivity contribution in [3.05, 3.63) is 36.0 Å². The fourth-order valence-corrected chi connectivity index (χ4v) is 2.53. The van der Waals surface area contributed by atoms with Gasteiger partial charge in [0.25, 0.3) is 5.22 Å². The van der Waals surface area contributed by atoms with Gasteiger partial charge in [-0.2, -0.15) is 0 Å². The first kappa shape index (κ1) is 15.5. The van der Waals surface area contributed by atoms with Crippen LogP contribution in [0.15, 0.2) is 34.2 Å². The van der Waals surface area contributed by atoms with Crippen LogP contribution in [-0.2, 0) is 11.2 Å². The molecule has 0 saturated carbocycles. The molecule has 2 aromatic rings. The van der Waals surface area contributed by atoms with Gasteiger partial charge in [0.2, 0.25) is 11.8 Å². The highest BCUT2D eigenvalue weighted by molar-refractivity contribution is 7.99. The van der Waals surface area contributed by atoms with Crippen LogP contribution < -0.4 is 0 Å². The van der Waals surface area contributed by atoms with Gasteiger partial charge in [0.05, 0.1) is 5.75 Å². The first-order valence-electron chi connectivity index (χ1n) is 6.78. The number of thioether (sulfide) groups is 1. The van der Waals surface area contributed by atoms with E-state index in [2.05, 4.69) is 15.2 Å². The highest BCUT2D eigenvalue weighted by Crippen LogP contribution is 2.16. The summed E-state index contributed by atoms with van der Waals surface area (Å²) in [5, 5.41) is 8.04. The third-order valence-electron chi connectivity index (χ3n) is 2.98. The maximum absolute atomic E-state index is 12.2. The Hall–Kier alpha value is -1.89. The molecule has 2 aromatic heterocycles. The van der Waals surface area contributed by atoms with Crippen molar-refractivity contribution in [2.75, 3.05) is 18.8 Å². The largest absolute Gasteiger partial charge is 0.416 e. The predicted octanol–water partition coefficient (Wildman–Crippen LogP) is 1.96. The fourth-order valence-electron chi connectivity index (χ4n) is 1.82. The molecule has 0 aromatic carbocycles. The molecule has 0 fully saturated rings. The molecule has 0 radical (unpaired) electrons. The summed E-state index contributed by atoms with van der Waals surface area (Å²) in [7, 11) is 0. The lowest BCUT2D eigenvalue weighted by atomic mass is 10.2. The quantitative estimate of drug-likeness (QED) is 0.728. The second-order valence-corrected chi connectivity index (χ2v) is 5.38. The molecule has 1 amide bonds. The lowest BCUT2D eigenvalue weighted by Crippen LogP contribution is -2.34. The minimum atomic E-state index is 0.0763. The number of hydrogen-bond donors (Lipinski definition) is 0. The van der Waals surface area contributed by atoms with Crippen molar-refractivity contribution in [2.45, 2.75) is 25.5 Å². The topological polar surface area (TPSA) is 72.1 Å². The van der Waals surface area contributed by atoms with Crippen molar-refractivity contribution in [3.8, 4) is 0 Å². The monoisotopic (exact) mass is 306 g/mol. The van der Waals surface area contributed by atoms with E-state index in [4.69, 9.17) is 4.42 Å². The molecule has 0 aliphatic rings. The van der Waals surface area contributed by atoms with E-state index in [-0.39, 0.29) is 5.91 Å². The zero-order chi connectivity index (χ0) is 15.1. The number of nitrogens with zero attached hydrogens (tertiary/aromatic N) is 4. The summed E-state index contributed by atoms with van der Waals surface area (Å²) in [6.07, 6.45) is 4.36. The van der Waals surface area contributed by atoms with Crippen molar-refractivity contribution in [1.29, 1.82) is 0 Å². The Morgan fingerprint density at radius 3 is 2.71 bits per heavy atom. The molecule has 2 rings (SSSR count). The van der Waals surface area contributed by atoms with E-state index >= 15 is 0 Å². The second-order valence-electron chi connectivity index (χ2n) is 4.45. The molecule has 0 N–H and O–H groups in total. The zero-order valence-electron chi connectivity index (χ0n) is 12.2. The molecular formula is C14H18N4O2S. The van der Waals surface area contributed by atoms with E-state index in [1.807, 2.05) is 24.0 Å². The number of aromatic nitrogens is 3. The Labute approximate surface area is 128 Å². The van der Waals surface area contributed by atoms with Crippen LogP contribution in [0.25, 0.3) is 0 Å². The molecule has 0 aliphatic heterocycles. The molecule has 0 bridgehead atoms. The van der Waals surface area contributed by atoms with Crippen LogP contribution in [0.4, 0.5) is 0 Å². The van der Waals surface area contributed by atoms with Crippen LogP contribution >= 0.6 is 11.8 Å². The van der Waals surface area contributed by atoms with E-state index in [9.17, 15) is 4.79 Å². The predicted molar refractivity (Wildman–Crippen MR) is 80.0 cm³/mol. The van der Waals surface area contributed by atoms with Gasteiger partial charge >= 0.3 is 0 Å². The lowest BCUT2D eigenvalue weighted by molar-refractivity contribution is -0.128. The average molecular weight is 306 g/mol. The molecular weight excluding hydrogens is 288 g/mol. The Morgan fingerprint density at radius 1 is 1.33 bits per heavy atom. The average Bonchev–Trinajstić information content (AvgIpc) is 2.92. The zero-order valence-corrected chi connectivity index (χ0v) is 13.0. The summed E-state index contributed by atoms with van der Waals surface area (Å²) in [6.45, 7) is 5.09. The Kier molecular flexibility index (Phi) is 5.74. The van der Waals surface area contributed by atoms with Crippen molar-refractivity contribution in [1.82, 2.24) is 20.1 Å². The smallest absolute Gasteiger partial charge is 0.277 e. The van der Waals surface area contributed by atoms with E-state index < -0.39 is 0 Å². The van der Waals surface area contributed by atoms with Gasteiger partial charge in [-0.3, -0.25) is 9.78 Å². The van der Waals surface area contributed by atoms with Gasteiger partial charge in [-0.15, -0.1) is 10.2 Å². The number of rotatable bonds is 7. The third kappa shape index (κ3) is 4.86. The van der Waals surface area contributed by atoms with Gasteiger partial charge in [-0.25, -0.2) is 0 Å². The second kappa shape index (κ2) is 7.78. The number of amides is 1. The fraction of sp³-hybridized carbons (Fsp3) is 0.429. The number of aryl methyl sites for hydroxylation is 1. The summed E-state index contributed by atoms with van der Waals surface area (Å²) in [4.78, 5) is 18.0. The van der Waals surface area contributed by atoms with E-state index in [0.29, 0.717) is 30.0 Å². The maximum atomic E-state index is 12.2. The molecule has 112 valence electrons. The molecule has 21 heavy (non-hydrogen) atoms. The number of likely N-dealkylation sites (N-methyl/N-ethyl adjacent to an activating group) is 1. The molecule has 0 aliphatic carbocycles. The standard InChI is InChI=1S/C14H18N4O2S/c1-3-18(9-6-12-4-7-15-8-5-12)13(19)10-21-14-17-16-11(2)20-14/h4-5,7-8H,3,6,9-10H2,1-2H3. The molecule has 0 atom stereocenters. The summed E-state index contributed by atoms with van der Waals surface area (Å²) in [5.74, 6) is 0.897. The van der Waals surface area contributed by atoms with Gasteiger partial charge in [-0.05, 0) is 31.0 Å². The summed E-state index contributed by atoms with van der Waals surface area (Å²) in [5.41, 5.74) is 1.18. The highest BCUT2D eigenvalue weighted by Gasteiger charge is 2.14. The van der Waals surface area contributed by atoms with Gasteiger partial charge in [0.1, 0.15) is 0 Å². The molecule has 6 nitrogen and oxygen atoms in total. The molecule has 0 unspecified atom stereocenters. The SMILES string of the molecule is CCN(CCc1ccncc1)C(=O)CSc1nnc(C)o1. The molecule has 0 saturated heterocycles. The Bertz CT molecular complexity index is 573. The Balaban J connectivity index is 1.81. The van der Waals surface area contributed by atoms with Crippen LogP contribution in [0.5, 0.6) is 0 Å². The van der Waals surface area contributed by atoms with Crippen LogP contribution in [0, 0.1) is 6.92 Å². The minimum absolute atomic E-state index is 0.0763. The summed E-state index contributed by atoms with van der Waals surface area (Å²) >= 11 is 1.27. The van der Waals surface area contributed by atoms with Crippen molar-refractivity contribution in [2.24, 2.45) is 0 Å².